The molecule has 0 fully saturated rings. The molecular weight excluding hydrogens is 399 g/mol. The number of nitrogens with zero attached hydrogens (tertiary/aromatic N) is 4. The summed E-state index contributed by atoms with van der Waals surface area (Å²) >= 11 is 6.28. The predicted molar refractivity (Wildman–Crippen MR) is 108 cm³/mol. The van der Waals surface area contributed by atoms with E-state index in [9.17, 15) is 9.18 Å². The molecule has 2 aromatic heterocycles. The van der Waals surface area contributed by atoms with Crippen LogP contribution in [0.5, 0.6) is 5.75 Å². The Morgan fingerprint density at radius 2 is 2.21 bits per heavy atom. The smallest absolute Gasteiger partial charge is 0.259 e. The zero-order valence-electron chi connectivity index (χ0n) is 15.9. The summed E-state index contributed by atoms with van der Waals surface area (Å²) in [5.74, 6) is 0.209. The van der Waals surface area contributed by atoms with Crippen molar-refractivity contribution in [1.29, 1.82) is 0 Å². The maximum atomic E-state index is 14.2. The largest absolute Gasteiger partial charge is 0.488 e. The van der Waals surface area contributed by atoms with Gasteiger partial charge in [0.1, 0.15) is 29.1 Å². The lowest BCUT2D eigenvalue weighted by Gasteiger charge is -2.25. The van der Waals surface area contributed by atoms with Crippen molar-refractivity contribution in [2.24, 2.45) is 0 Å². The Kier molecular flexibility index (Phi) is 4.91. The van der Waals surface area contributed by atoms with Crippen LogP contribution in [0.3, 0.4) is 0 Å². The molecule has 0 aliphatic carbocycles. The number of ether oxygens (including phenoxy) is 1. The van der Waals surface area contributed by atoms with E-state index in [-0.39, 0.29) is 29.5 Å². The summed E-state index contributed by atoms with van der Waals surface area (Å²) in [6, 6.07) is 4.57. The summed E-state index contributed by atoms with van der Waals surface area (Å²) in [5.41, 5.74) is 7.03. The Morgan fingerprint density at radius 1 is 1.41 bits per heavy atom. The zero-order chi connectivity index (χ0) is 20.7. The van der Waals surface area contributed by atoms with Gasteiger partial charge in [-0.15, -0.1) is 5.10 Å². The molecular formula is C19H20ClFN6O2. The van der Waals surface area contributed by atoms with Gasteiger partial charge >= 0.3 is 0 Å². The molecule has 0 spiro atoms. The molecule has 4 rings (SSSR count). The summed E-state index contributed by atoms with van der Waals surface area (Å²) in [7, 11) is 0. The zero-order valence-corrected chi connectivity index (χ0v) is 16.7. The minimum atomic E-state index is -0.524. The molecule has 0 saturated carbocycles. The van der Waals surface area contributed by atoms with Crippen molar-refractivity contribution in [2.45, 2.75) is 26.5 Å². The number of anilines is 2. The van der Waals surface area contributed by atoms with Crippen molar-refractivity contribution in [2.75, 3.05) is 23.7 Å². The molecule has 3 aromatic rings. The fourth-order valence-corrected chi connectivity index (χ4v) is 3.51. The summed E-state index contributed by atoms with van der Waals surface area (Å²) in [5, 5.41) is 6.95. The van der Waals surface area contributed by atoms with Crippen molar-refractivity contribution in [3.63, 3.8) is 0 Å². The highest BCUT2D eigenvalue weighted by molar-refractivity contribution is 6.31. The lowest BCUT2D eigenvalue weighted by molar-refractivity contribution is 0.0934. The van der Waals surface area contributed by atoms with Crippen molar-refractivity contribution in [1.82, 2.24) is 19.9 Å². The predicted octanol–water partition coefficient (Wildman–Crippen LogP) is 2.64. The van der Waals surface area contributed by atoms with Crippen molar-refractivity contribution in [3.05, 3.63) is 46.4 Å². The van der Waals surface area contributed by atoms with Crippen molar-refractivity contribution < 1.29 is 13.9 Å². The van der Waals surface area contributed by atoms with Gasteiger partial charge in [0.15, 0.2) is 11.5 Å². The Balaban J connectivity index is 1.90. The highest BCUT2D eigenvalue weighted by Gasteiger charge is 2.24. The number of carbonyl (C=O) groups is 1. The molecule has 10 heteroatoms. The van der Waals surface area contributed by atoms with E-state index < -0.39 is 17.8 Å². The van der Waals surface area contributed by atoms with Crippen LogP contribution in [0, 0.1) is 5.82 Å². The first-order valence-electron chi connectivity index (χ1n) is 9.20. The van der Waals surface area contributed by atoms with Gasteiger partial charge in [-0.3, -0.25) is 4.79 Å². The third-order valence-electron chi connectivity index (χ3n) is 4.81. The highest BCUT2D eigenvalue weighted by atomic mass is 35.5. The number of amides is 1. The van der Waals surface area contributed by atoms with E-state index in [0.717, 1.165) is 0 Å². The summed E-state index contributed by atoms with van der Waals surface area (Å²) in [6.07, 6.45) is 1.29. The average molecular weight is 419 g/mol. The number of hydrogen-bond donors (Lipinski definition) is 2. The van der Waals surface area contributed by atoms with E-state index in [4.69, 9.17) is 22.1 Å². The second-order valence-electron chi connectivity index (χ2n) is 6.80. The molecule has 1 aliphatic heterocycles. The number of nitrogens with two attached hydrogens (primary N) is 1. The molecule has 2 bridgehead atoms. The van der Waals surface area contributed by atoms with Crippen LogP contribution in [0.15, 0.2) is 24.4 Å². The number of hydrogen-bond acceptors (Lipinski definition) is 6. The molecule has 0 saturated heterocycles. The molecule has 1 aliphatic rings. The normalized spacial score (nSPS) is 17.2. The van der Waals surface area contributed by atoms with Crippen LogP contribution >= 0.6 is 11.6 Å². The standard InChI is InChI=1S/C19H20ClFN6O2/c1-3-26-9-11-13(5-4-12(21)16(11)20)29-10(2)8-23-19(28)15-17(22)25-27-7-6-14(26)24-18(15)27/h4-7,10H,3,8-9H2,1-2H3,(H2,22,25)(H,23,28)/t10-/m0/s1. The summed E-state index contributed by atoms with van der Waals surface area (Å²) in [4.78, 5) is 19.2. The van der Waals surface area contributed by atoms with Crippen LogP contribution in [-0.2, 0) is 6.54 Å². The van der Waals surface area contributed by atoms with E-state index in [0.29, 0.717) is 29.3 Å². The van der Waals surface area contributed by atoms with Gasteiger partial charge in [-0.25, -0.2) is 13.9 Å². The lowest BCUT2D eigenvalue weighted by Crippen LogP contribution is -2.34. The van der Waals surface area contributed by atoms with E-state index in [1.807, 2.05) is 11.8 Å². The van der Waals surface area contributed by atoms with Gasteiger partial charge < -0.3 is 20.7 Å². The first-order valence-corrected chi connectivity index (χ1v) is 9.58. The quantitative estimate of drug-likeness (QED) is 0.630. The summed E-state index contributed by atoms with van der Waals surface area (Å²) in [6.45, 7) is 4.79. The molecule has 8 nitrogen and oxygen atoms in total. The van der Waals surface area contributed by atoms with Crippen molar-refractivity contribution >= 4 is 34.8 Å². The number of nitrogen functional groups attached to an aromatic ring is 1. The monoisotopic (exact) mass is 418 g/mol. The van der Waals surface area contributed by atoms with E-state index in [1.165, 1.54) is 10.6 Å². The fourth-order valence-electron chi connectivity index (χ4n) is 3.29. The molecule has 3 N–H and O–H groups in total. The number of benzene rings is 1. The molecule has 1 amide bonds. The molecule has 1 aromatic carbocycles. The number of halogens is 2. The Bertz CT molecular complexity index is 1100. The topological polar surface area (TPSA) is 97.8 Å². The Labute approximate surface area is 171 Å². The maximum Gasteiger partial charge on any atom is 0.259 e. The number of carbonyl (C=O) groups excluding carboxylic acids is 1. The maximum absolute atomic E-state index is 14.2. The van der Waals surface area contributed by atoms with Crippen LogP contribution in [-0.4, -0.2) is 39.7 Å². The van der Waals surface area contributed by atoms with Crippen LogP contribution in [0.25, 0.3) is 5.65 Å². The lowest BCUT2D eigenvalue weighted by atomic mass is 10.1. The second kappa shape index (κ2) is 7.40. The van der Waals surface area contributed by atoms with Gasteiger partial charge in [0, 0.05) is 24.8 Å². The molecule has 1 atom stereocenters. The number of rotatable bonds is 1. The third-order valence-corrected chi connectivity index (χ3v) is 5.22. The second-order valence-corrected chi connectivity index (χ2v) is 7.18. The molecule has 3 heterocycles. The molecule has 152 valence electrons. The van der Waals surface area contributed by atoms with Gasteiger partial charge in [0.2, 0.25) is 0 Å². The van der Waals surface area contributed by atoms with Gasteiger partial charge in [-0.05, 0) is 32.0 Å². The van der Waals surface area contributed by atoms with Gasteiger partial charge in [-0.2, -0.15) is 0 Å². The first-order chi connectivity index (χ1) is 13.9. The van der Waals surface area contributed by atoms with Gasteiger partial charge in [0.25, 0.3) is 5.91 Å². The summed E-state index contributed by atoms with van der Waals surface area (Å²) < 4.78 is 21.6. The van der Waals surface area contributed by atoms with E-state index in [2.05, 4.69) is 15.4 Å². The molecule has 0 unspecified atom stereocenters. The van der Waals surface area contributed by atoms with E-state index in [1.54, 1.807) is 25.3 Å². The van der Waals surface area contributed by atoms with Crippen LogP contribution in [0.1, 0.15) is 29.8 Å². The fraction of sp³-hybridized carbons (Fsp3) is 0.316. The first kappa shape index (κ1) is 19.3. The Morgan fingerprint density at radius 3 is 2.97 bits per heavy atom. The Hall–Kier alpha value is -3.07. The molecule has 29 heavy (non-hydrogen) atoms. The van der Waals surface area contributed by atoms with E-state index >= 15 is 0 Å². The average Bonchev–Trinajstić information content (AvgIpc) is 3.03. The van der Waals surface area contributed by atoms with Crippen LogP contribution in [0.2, 0.25) is 5.02 Å². The van der Waals surface area contributed by atoms with Gasteiger partial charge in [-0.1, -0.05) is 11.6 Å². The number of aromatic nitrogens is 3. The number of nitrogens with one attached hydrogen (secondary N) is 1. The molecule has 0 radical (unpaired) electrons. The third kappa shape index (κ3) is 3.42. The van der Waals surface area contributed by atoms with Crippen molar-refractivity contribution in [3.8, 4) is 5.75 Å². The van der Waals surface area contributed by atoms with Crippen LogP contribution < -0.4 is 20.7 Å². The highest BCUT2D eigenvalue weighted by Crippen LogP contribution is 2.32. The minimum Gasteiger partial charge on any atom is -0.488 e. The minimum absolute atomic E-state index is 0.00224. The van der Waals surface area contributed by atoms with Crippen LogP contribution in [0.4, 0.5) is 16.0 Å². The van der Waals surface area contributed by atoms with Gasteiger partial charge in [0.05, 0.1) is 11.6 Å². The number of fused-ring (bicyclic) bond motifs is 2. The SMILES string of the molecule is CCN1Cc2c(ccc(F)c2Cl)O[C@@H](C)CNC(=O)c2c(N)nn3ccc1nc23.